The van der Waals surface area contributed by atoms with Crippen molar-refractivity contribution >= 4 is 22.9 Å². The van der Waals surface area contributed by atoms with Gasteiger partial charge in [-0.1, -0.05) is 0 Å². The van der Waals surface area contributed by atoms with E-state index in [1.54, 1.807) is 11.3 Å². The number of carbonyl (C=O) groups excluding carboxylic acids is 1. The second kappa shape index (κ2) is 8.25. The largest absolute Gasteiger partial charge is 0.482 e. The van der Waals surface area contributed by atoms with Crippen LogP contribution in [-0.2, 0) is 17.9 Å². The molecule has 3 aromatic rings. The Balaban J connectivity index is 1.56. The van der Waals surface area contributed by atoms with Gasteiger partial charge in [0.05, 0.1) is 25.1 Å². The first kappa shape index (κ1) is 20.0. The lowest BCUT2D eigenvalue weighted by molar-refractivity contribution is -0.118. The number of nitrogens with two attached hydrogens (primary N) is 1. The Morgan fingerprint density at radius 3 is 2.97 bits per heavy atom. The van der Waals surface area contributed by atoms with Crippen LogP contribution in [0.3, 0.4) is 0 Å². The lowest BCUT2D eigenvalue weighted by atomic mass is 10.0. The summed E-state index contributed by atoms with van der Waals surface area (Å²) in [6.45, 7) is 2.35. The third kappa shape index (κ3) is 3.79. The van der Waals surface area contributed by atoms with Crippen LogP contribution >= 0.6 is 11.3 Å². The second-order valence-electron chi connectivity index (χ2n) is 6.88. The Kier molecular flexibility index (Phi) is 5.51. The smallest absolute Gasteiger partial charge is 0.346 e. The number of nitrogens with zero attached hydrogens (tertiary/aromatic N) is 3. The average molecular weight is 429 g/mol. The first-order valence-corrected chi connectivity index (χ1v) is 10.1. The molecular formula is C20H20FN5O3S. The van der Waals surface area contributed by atoms with Gasteiger partial charge in [-0.2, -0.15) is 5.10 Å². The Morgan fingerprint density at radius 2 is 2.20 bits per heavy atom. The van der Waals surface area contributed by atoms with Crippen LogP contribution in [0, 0.1) is 6.92 Å². The highest BCUT2D eigenvalue weighted by atomic mass is 32.1. The first-order valence-electron chi connectivity index (χ1n) is 9.26. The number of aromatic nitrogens is 3. The number of fused-ring (bicyclic) bond motifs is 1. The molecule has 8 nitrogen and oxygen atoms in total. The summed E-state index contributed by atoms with van der Waals surface area (Å²) in [6.07, 6.45) is 1.84. The van der Waals surface area contributed by atoms with Crippen molar-refractivity contribution in [2.45, 2.75) is 20.0 Å². The molecule has 4 rings (SSSR count). The topological polar surface area (TPSA) is 104 Å². The summed E-state index contributed by atoms with van der Waals surface area (Å²) in [5, 5.41) is 6.90. The van der Waals surface area contributed by atoms with Crippen molar-refractivity contribution in [3.63, 3.8) is 0 Å². The monoisotopic (exact) mass is 429 g/mol. The third-order valence-electron chi connectivity index (χ3n) is 4.87. The van der Waals surface area contributed by atoms with Gasteiger partial charge in [0, 0.05) is 16.3 Å². The molecule has 1 aliphatic heterocycles. The zero-order chi connectivity index (χ0) is 21.3. The predicted octanol–water partition coefficient (Wildman–Crippen LogP) is 2.27. The van der Waals surface area contributed by atoms with Crippen molar-refractivity contribution in [3.8, 4) is 16.2 Å². The molecular weight excluding hydrogens is 409 g/mol. The molecule has 0 atom stereocenters. The van der Waals surface area contributed by atoms with E-state index in [9.17, 15) is 14.0 Å². The molecule has 0 spiro atoms. The highest BCUT2D eigenvalue weighted by molar-refractivity contribution is 7.15. The van der Waals surface area contributed by atoms with Crippen molar-refractivity contribution in [2.75, 3.05) is 18.5 Å². The average Bonchev–Trinajstić information content (AvgIpc) is 3.34. The summed E-state index contributed by atoms with van der Waals surface area (Å²) in [7, 11) is 0. The Bertz CT molecular complexity index is 1190. The Morgan fingerprint density at radius 1 is 1.37 bits per heavy atom. The van der Waals surface area contributed by atoms with Crippen molar-refractivity contribution in [3.05, 3.63) is 63.4 Å². The van der Waals surface area contributed by atoms with Crippen molar-refractivity contribution in [1.29, 1.82) is 0 Å². The number of hydrogen-bond donors (Lipinski definition) is 2. The fourth-order valence-electron chi connectivity index (χ4n) is 3.25. The minimum absolute atomic E-state index is 0.0191. The van der Waals surface area contributed by atoms with E-state index in [1.165, 1.54) is 15.6 Å². The molecule has 2 aromatic heterocycles. The van der Waals surface area contributed by atoms with E-state index in [4.69, 9.17) is 10.5 Å². The second-order valence-corrected chi connectivity index (χ2v) is 8.05. The standard InChI is InChI=1S/C20H20FN5O3S/c1-12-15(3-4-16-19(12)24-18(27)10-29-16)17-5-2-14(30-17)9-25-11-23-26(20(25)28)8-13(6-21)7-22/h2-6,11H,7-10,22H2,1H3,(H,24,27)/b13-6+. The van der Waals surface area contributed by atoms with Gasteiger partial charge in [0.25, 0.3) is 5.91 Å². The summed E-state index contributed by atoms with van der Waals surface area (Å²) < 4.78 is 20.8. The van der Waals surface area contributed by atoms with E-state index < -0.39 is 0 Å². The molecule has 0 saturated carbocycles. The van der Waals surface area contributed by atoms with E-state index in [0.717, 1.165) is 20.9 Å². The molecule has 1 aromatic carbocycles. The van der Waals surface area contributed by atoms with Crippen LogP contribution in [0.15, 0.2) is 47.3 Å². The number of amides is 1. The Hall–Kier alpha value is -3.24. The number of hydrogen-bond acceptors (Lipinski definition) is 6. The fraction of sp³-hybridized carbons (Fsp3) is 0.250. The number of halogens is 1. The van der Waals surface area contributed by atoms with Crippen LogP contribution in [0.5, 0.6) is 5.75 Å². The predicted molar refractivity (Wildman–Crippen MR) is 112 cm³/mol. The maximum absolute atomic E-state index is 12.7. The van der Waals surface area contributed by atoms with Crippen molar-refractivity contribution in [2.24, 2.45) is 5.73 Å². The lowest BCUT2D eigenvalue weighted by Crippen LogP contribution is -2.26. The number of benzene rings is 1. The molecule has 0 unspecified atom stereocenters. The molecule has 0 saturated heterocycles. The summed E-state index contributed by atoms with van der Waals surface area (Å²) in [5.74, 6) is 0.483. The lowest BCUT2D eigenvalue weighted by Gasteiger charge is -2.21. The van der Waals surface area contributed by atoms with E-state index in [2.05, 4.69) is 10.4 Å². The van der Waals surface area contributed by atoms with Crippen LogP contribution in [-0.4, -0.2) is 33.4 Å². The molecule has 0 bridgehead atoms. The molecule has 30 heavy (non-hydrogen) atoms. The van der Waals surface area contributed by atoms with Gasteiger partial charge < -0.3 is 15.8 Å². The molecule has 1 amide bonds. The highest BCUT2D eigenvalue weighted by Gasteiger charge is 2.20. The van der Waals surface area contributed by atoms with Gasteiger partial charge >= 0.3 is 5.69 Å². The van der Waals surface area contributed by atoms with Gasteiger partial charge in [0.15, 0.2) is 6.61 Å². The summed E-state index contributed by atoms with van der Waals surface area (Å²) in [4.78, 5) is 26.1. The number of nitrogens with one attached hydrogen (secondary N) is 1. The molecule has 0 fully saturated rings. The van der Waals surface area contributed by atoms with Crippen LogP contribution in [0.4, 0.5) is 10.1 Å². The van der Waals surface area contributed by atoms with E-state index in [0.29, 0.717) is 29.9 Å². The summed E-state index contributed by atoms with van der Waals surface area (Å²) >= 11 is 1.55. The maximum Gasteiger partial charge on any atom is 0.346 e. The molecule has 156 valence electrons. The fourth-order valence-corrected chi connectivity index (χ4v) is 4.34. The Labute approximate surface area is 175 Å². The van der Waals surface area contributed by atoms with Crippen LogP contribution < -0.4 is 21.5 Å². The SMILES string of the molecule is Cc1c(-c2ccc(Cn3cnn(C/C(=C/F)CN)c3=O)s2)ccc2c1NC(=O)CO2. The van der Waals surface area contributed by atoms with Crippen molar-refractivity contribution < 1.29 is 13.9 Å². The normalized spacial score (nSPS) is 13.7. The summed E-state index contributed by atoms with van der Waals surface area (Å²) in [6, 6.07) is 7.74. The van der Waals surface area contributed by atoms with Gasteiger partial charge in [-0.05, 0) is 47.9 Å². The minimum atomic E-state index is -0.331. The zero-order valence-electron chi connectivity index (χ0n) is 16.2. The van der Waals surface area contributed by atoms with Crippen LogP contribution in [0.2, 0.25) is 0 Å². The highest BCUT2D eigenvalue weighted by Crippen LogP contribution is 2.39. The third-order valence-corrected chi connectivity index (χ3v) is 5.97. The number of carbonyl (C=O) groups is 1. The van der Waals surface area contributed by atoms with Gasteiger partial charge in [0.2, 0.25) is 0 Å². The van der Waals surface area contributed by atoms with Gasteiger partial charge in [-0.15, -0.1) is 11.3 Å². The van der Waals surface area contributed by atoms with Crippen molar-refractivity contribution in [1.82, 2.24) is 14.3 Å². The van der Waals surface area contributed by atoms with Gasteiger partial charge in [-0.25, -0.2) is 13.9 Å². The molecule has 10 heteroatoms. The first-order chi connectivity index (χ1) is 14.5. The van der Waals surface area contributed by atoms with Gasteiger partial charge in [-0.3, -0.25) is 9.36 Å². The molecule has 3 heterocycles. The quantitative estimate of drug-likeness (QED) is 0.626. The molecule has 0 aliphatic carbocycles. The number of thiophene rings is 1. The number of anilines is 1. The maximum atomic E-state index is 12.7. The molecule has 3 N–H and O–H groups in total. The van der Waals surface area contributed by atoms with Crippen LogP contribution in [0.25, 0.3) is 10.4 Å². The molecule has 0 radical (unpaired) electrons. The van der Waals surface area contributed by atoms with E-state index >= 15 is 0 Å². The zero-order valence-corrected chi connectivity index (χ0v) is 17.0. The van der Waals surface area contributed by atoms with Crippen LogP contribution in [0.1, 0.15) is 10.4 Å². The number of rotatable bonds is 6. The minimum Gasteiger partial charge on any atom is -0.482 e. The van der Waals surface area contributed by atoms with E-state index in [1.807, 2.05) is 31.2 Å². The summed E-state index contributed by atoms with van der Waals surface area (Å²) in [5.41, 5.74) is 8.00. The molecule has 1 aliphatic rings. The van der Waals surface area contributed by atoms with Gasteiger partial charge in [0.1, 0.15) is 12.1 Å². The number of ether oxygens (including phenoxy) is 1. The van der Waals surface area contributed by atoms with E-state index in [-0.39, 0.29) is 31.3 Å².